The number of amides is 2. The Morgan fingerprint density at radius 3 is 2.21 bits per heavy atom. The largest absolute Gasteiger partial charge is 0.354 e. The van der Waals surface area contributed by atoms with Gasteiger partial charge in [0, 0.05) is 37.5 Å². The molecule has 1 atom stereocenters. The standard InChI is InChI=1S/C33H42ClN3O4S/c1-24(2)22-35-33(39)31(21-27-11-7-6-8-12-27)36(23-28-13-9-14-29(34)20-28)32(38)15-10-18-37(42(5,40)41)30-17-16-25(3)26(4)19-30/h6-9,11-14,16-17,19-20,24,31H,10,15,18,21-23H2,1-5H3,(H,35,39)/t31-/m0/s1. The third-order valence-corrected chi connectivity index (χ3v) is 8.56. The third kappa shape index (κ3) is 9.88. The summed E-state index contributed by atoms with van der Waals surface area (Å²) < 4.78 is 26.7. The predicted molar refractivity (Wildman–Crippen MR) is 171 cm³/mol. The maximum atomic E-state index is 13.9. The van der Waals surface area contributed by atoms with E-state index in [0.29, 0.717) is 23.7 Å². The van der Waals surface area contributed by atoms with Crippen LogP contribution in [0.1, 0.15) is 48.9 Å². The maximum absolute atomic E-state index is 13.9. The minimum Gasteiger partial charge on any atom is -0.354 e. The van der Waals surface area contributed by atoms with Crippen LogP contribution in [0.3, 0.4) is 0 Å². The van der Waals surface area contributed by atoms with Crippen molar-refractivity contribution in [3.05, 3.63) is 100 Å². The van der Waals surface area contributed by atoms with E-state index < -0.39 is 16.1 Å². The first-order valence-electron chi connectivity index (χ1n) is 14.3. The van der Waals surface area contributed by atoms with Crippen LogP contribution in [-0.4, -0.2) is 50.5 Å². The molecule has 3 aromatic carbocycles. The molecule has 3 rings (SSSR count). The highest BCUT2D eigenvalue weighted by atomic mass is 35.5. The lowest BCUT2D eigenvalue weighted by Crippen LogP contribution is -2.51. The average molecular weight is 612 g/mol. The number of carbonyl (C=O) groups excluding carboxylic acids is 2. The van der Waals surface area contributed by atoms with Gasteiger partial charge in [0.1, 0.15) is 6.04 Å². The normalized spacial score (nSPS) is 12.2. The molecular weight excluding hydrogens is 570 g/mol. The van der Waals surface area contributed by atoms with Crippen molar-refractivity contribution < 1.29 is 18.0 Å². The van der Waals surface area contributed by atoms with E-state index in [9.17, 15) is 18.0 Å². The Bertz CT molecular complexity index is 1460. The molecule has 0 heterocycles. The Balaban J connectivity index is 1.89. The van der Waals surface area contributed by atoms with Crippen molar-refractivity contribution in [3.8, 4) is 0 Å². The molecule has 3 aromatic rings. The summed E-state index contributed by atoms with van der Waals surface area (Å²) >= 11 is 6.26. The van der Waals surface area contributed by atoms with Gasteiger partial charge in [0.2, 0.25) is 21.8 Å². The lowest BCUT2D eigenvalue weighted by molar-refractivity contribution is -0.141. The Kier molecular flexibility index (Phi) is 12.0. The van der Waals surface area contributed by atoms with E-state index in [1.54, 1.807) is 23.1 Å². The van der Waals surface area contributed by atoms with E-state index >= 15 is 0 Å². The maximum Gasteiger partial charge on any atom is 0.243 e. The quantitative estimate of drug-likeness (QED) is 0.245. The highest BCUT2D eigenvalue weighted by molar-refractivity contribution is 7.92. The van der Waals surface area contributed by atoms with E-state index in [1.165, 1.54) is 10.6 Å². The fourth-order valence-corrected chi connectivity index (χ4v) is 5.86. The van der Waals surface area contributed by atoms with E-state index in [1.807, 2.05) is 82.3 Å². The van der Waals surface area contributed by atoms with Gasteiger partial charge >= 0.3 is 0 Å². The number of nitrogens with zero attached hydrogens (tertiary/aromatic N) is 2. The van der Waals surface area contributed by atoms with E-state index in [2.05, 4.69) is 5.32 Å². The molecule has 0 aliphatic rings. The molecule has 0 bridgehead atoms. The second-order valence-electron chi connectivity index (χ2n) is 11.2. The fraction of sp³-hybridized carbons (Fsp3) is 0.394. The van der Waals surface area contributed by atoms with Crippen molar-refractivity contribution in [2.75, 3.05) is 23.7 Å². The molecule has 0 aromatic heterocycles. The van der Waals surface area contributed by atoms with Crippen LogP contribution in [0, 0.1) is 19.8 Å². The first-order chi connectivity index (χ1) is 19.8. The summed E-state index contributed by atoms with van der Waals surface area (Å²) in [5.74, 6) is -0.212. The molecule has 0 unspecified atom stereocenters. The van der Waals surface area contributed by atoms with Gasteiger partial charge in [-0.2, -0.15) is 0 Å². The minimum atomic E-state index is -3.58. The number of nitrogens with one attached hydrogen (secondary N) is 1. The number of aryl methyl sites for hydroxylation is 2. The minimum absolute atomic E-state index is 0.0696. The van der Waals surface area contributed by atoms with Crippen LogP contribution in [-0.2, 0) is 32.6 Å². The van der Waals surface area contributed by atoms with Gasteiger partial charge in [-0.15, -0.1) is 0 Å². The van der Waals surface area contributed by atoms with E-state index in [0.717, 1.165) is 22.3 Å². The van der Waals surface area contributed by atoms with Crippen molar-refractivity contribution >= 4 is 39.1 Å². The van der Waals surface area contributed by atoms with Crippen molar-refractivity contribution in [2.45, 2.75) is 59.5 Å². The summed E-state index contributed by atoms with van der Waals surface area (Å²) in [5.41, 5.74) is 4.36. The number of hydrogen-bond donors (Lipinski definition) is 1. The van der Waals surface area contributed by atoms with Crippen LogP contribution >= 0.6 is 11.6 Å². The van der Waals surface area contributed by atoms with Crippen LogP contribution in [0.5, 0.6) is 0 Å². The highest BCUT2D eigenvalue weighted by Gasteiger charge is 2.30. The van der Waals surface area contributed by atoms with Crippen molar-refractivity contribution in [3.63, 3.8) is 0 Å². The zero-order valence-corrected chi connectivity index (χ0v) is 26.7. The van der Waals surface area contributed by atoms with Gasteiger partial charge in [-0.25, -0.2) is 8.42 Å². The molecule has 42 heavy (non-hydrogen) atoms. The third-order valence-electron chi connectivity index (χ3n) is 7.13. The monoisotopic (exact) mass is 611 g/mol. The van der Waals surface area contributed by atoms with Crippen LogP contribution in [0.4, 0.5) is 5.69 Å². The molecule has 0 aliphatic carbocycles. The zero-order chi connectivity index (χ0) is 30.9. The van der Waals surface area contributed by atoms with E-state index in [4.69, 9.17) is 11.6 Å². The number of hydrogen-bond acceptors (Lipinski definition) is 4. The number of anilines is 1. The Labute approximate surface area is 255 Å². The summed E-state index contributed by atoms with van der Waals surface area (Å²) in [7, 11) is -3.58. The van der Waals surface area contributed by atoms with Gasteiger partial charge in [-0.1, -0.05) is 74.0 Å². The van der Waals surface area contributed by atoms with Crippen molar-refractivity contribution in [1.29, 1.82) is 0 Å². The van der Waals surface area contributed by atoms with Crippen LogP contribution in [0.25, 0.3) is 0 Å². The van der Waals surface area contributed by atoms with Gasteiger partial charge in [0.05, 0.1) is 11.9 Å². The predicted octanol–water partition coefficient (Wildman–Crippen LogP) is 5.92. The lowest BCUT2D eigenvalue weighted by atomic mass is 10.0. The Hall–Kier alpha value is -3.36. The van der Waals surface area contributed by atoms with Crippen LogP contribution in [0.2, 0.25) is 5.02 Å². The van der Waals surface area contributed by atoms with Gasteiger partial charge < -0.3 is 10.2 Å². The Morgan fingerprint density at radius 2 is 1.60 bits per heavy atom. The summed E-state index contributed by atoms with van der Waals surface area (Å²) in [5, 5.41) is 3.56. The van der Waals surface area contributed by atoms with Crippen LogP contribution < -0.4 is 9.62 Å². The molecular formula is C33H42ClN3O4S. The second kappa shape index (κ2) is 15.2. The number of benzene rings is 3. The molecule has 7 nitrogen and oxygen atoms in total. The second-order valence-corrected chi connectivity index (χ2v) is 13.5. The molecule has 0 saturated carbocycles. The molecule has 226 valence electrons. The van der Waals surface area contributed by atoms with Gasteiger partial charge in [-0.05, 0) is 72.7 Å². The molecule has 0 fully saturated rings. The average Bonchev–Trinajstić information content (AvgIpc) is 2.93. The number of halogens is 1. The van der Waals surface area contributed by atoms with E-state index in [-0.39, 0.29) is 43.7 Å². The molecule has 1 N–H and O–H groups in total. The van der Waals surface area contributed by atoms with Crippen LogP contribution in [0.15, 0.2) is 72.8 Å². The number of sulfonamides is 1. The van der Waals surface area contributed by atoms with Crippen molar-refractivity contribution in [2.24, 2.45) is 5.92 Å². The molecule has 0 radical (unpaired) electrons. The summed E-state index contributed by atoms with van der Waals surface area (Å²) in [4.78, 5) is 29.1. The number of carbonyl (C=O) groups is 2. The first-order valence-corrected chi connectivity index (χ1v) is 16.5. The molecule has 0 saturated heterocycles. The van der Waals surface area contributed by atoms with Crippen molar-refractivity contribution in [1.82, 2.24) is 10.2 Å². The topological polar surface area (TPSA) is 86.8 Å². The molecule has 0 aliphatic heterocycles. The summed E-state index contributed by atoms with van der Waals surface area (Å²) in [6.45, 7) is 8.77. The molecule has 2 amide bonds. The van der Waals surface area contributed by atoms with Gasteiger partial charge in [-0.3, -0.25) is 13.9 Å². The smallest absolute Gasteiger partial charge is 0.243 e. The molecule has 9 heteroatoms. The van der Waals surface area contributed by atoms with Gasteiger partial charge in [0.25, 0.3) is 0 Å². The summed E-state index contributed by atoms with van der Waals surface area (Å²) in [6.07, 6.45) is 1.87. The zero-order valence-electron chi connectivity index (χ0n) is 25.1. The molecule has 0 spiro atoms. The number of rotatable bonds is 14. The first kappa shape index (κ1) is 33.1. The SMILES string of the molecule is Cc1ccc(N(CCCC(=O)N(Cc2cccc(Cl)c2)[C@@H](Cc2ccccc2)C(=O)NCC(C)C)S(C)(=O)=O)cc1C. The van der Waals surface area contributed by atoms with Gasteiger partial charge in [0.15, 0.2) is 0 Å². The Morgan fingerprint density at radius 1 is 0.905 bits per heavy atom. The lowest BCUT2D eigenvalue weighted by Gasteiger charge is -2.32. The fourth-order valence-electron chi connectivity index (χ4n) is 4.69. The highest BCUT2D eigenvalue weighted by Crippen LogP contribution is 2.23. The summed E-state index contributed by atoms with van der Waals surface area (Å²) in [6, 6.07) is 21.6.